The summed E-state index contributed by atoms with van der Waals surface area (Å²) in [5, 5.41) is 13.3. The van der Waals surface area contributed by atoms with E-state index < -0.39 is 17.9 Å². The average Bonchev–Trinajstić information content (AvgIpc) is 2.78. The first-order valence-corrected chi connectivity index (χ1v) is 10.8. The Kier molecular flexibility index (Phi) is 6.46. The van der Waals surface area contributed by atoms with Gasteiger partial charge < -0.3 is 19.6 Å². The minimum Gasteiger partial charge on any atom is -0.484 e. The molecule has 0 aliphatic heterocycles. The number of hydrogen-bond donors (Lipinski definition) is 2. The number of aliphatic carboxylic acids is 1. The molecule has 2 aromatic carbocycles. The molecule has 3 aromatic rings. The molecule has 0 fully saturated rings. The molecule has 4 rings (SSSR count). The third-order valence-electron chi connectivity index (χ3n) is 5.55. The molecular formula is C24H22ClNO6. The van der Waals surface area contributed by atoms with Crippen LogP contribution in [-0.2, 0) is 28.9 Å². The zero-order valence-corrected chi connectivity index (χ0v) is 18.0. The first-order chi connectivity index (χ1) is 15.4. The summed E-state index contributed by atoms with van der Waals surface area (Å²) in [7, 11) is 0. The number of carbonyl (C=O) groups is 2. The van der Waals surface area contributed by atoms with Gasteiger partial charge in [-0.05, 0) is 61.1 Å². The van der Waals surface area contributed by atoms with E-state index in [2.05, 4.69) is 5.32 Å². The fourth-order valence-electron chi connectivity index (χ4n) is 3.96. The number of hydrogen-bond acceptors (Lipinski definition) is 5. The van der Waals surface area contributed by atoms with Gasteiger partial charge in [0.25, 0.3) is 5.91 Å². The molecule has 166 valence electrons. The molecule has 7 nitrogen and oxygen atoms in total. The third kappa shape index (κ3) is 4.94. The second-order valence-electron chi connectivity index (χ2n) is 7.79. The summed E-state index contributed by atoms with van der Waals surface area (Å²) < 4.78 is 11.0. The maximum Gasteiger partial charge on any atom is 0.339 e. The van der Waals surface area contributed by atoms with Crippen molar-refractivity contribution >= 4 is 34.4 Å². The molecule has 0 unspecified atom stereocenters. The van der Waals surface area contributed by atoms with Crippen LogP contribution in [0.2, 0.25) is 5.02 Å². The van der Waals surface area contributed by atoms with E-state index in [9.17, 15) is 19.5 Å². The fourth-order valence-corrected chi connectivity index (χ4v) is 4.08. The molecule has 2 N–H and O–H groups in total. The maximum atomic E-state index is 12.3. The summed E-state index contributed by atoms with van der Waals surface area (Å²) in [6, 6.07) is 10.8. The van der Waals surface area contributed by atoms with Crippen molar-refractivity contribution in [1.82, 2.24) is 5.32 Å². The highest BCUT2D eigenvalue weighted by Gasteiger charge is 2.21. The van der Waals surface area contributed by atoms with E-state index >= 15 is 0 Å². The van der Waals surface area contributed by atoms with Crippen LogP contribution in [0.3, 0.4) is 0 Å². The van der Waals surface area contributed by atoms with E-state index in [0.29, 0.717) is 16.4 Å². The summed E-state index contributed by atoms with van der Waals surface area (Å²) in [6.07, 6.45) is 3.70. The normalized spacial score (nSPS) is 13.9. The van der Waals surface area contributed by atoms with Crippen molar-refractivity contribution < 1.29 is 23.8 Å². The molecule has 32 heavy (non-hydrogen) atoms. The number of carbonyl (C=O) groups excluding carboxylic acids is 1. The molecular weight excluding hydrogens is 434 g/mol. The first-order valence-electron chi connectivity index (χ1n) is 10.4. The summed E-state index contributed by atoms with van der Waals surface area (Å²) in [5.74, 6) is -1.36. The van der Waals surface area contributed by atoms with Crippen LogP contribution in [-0.4, -0.2) is 29.6 Å². The Morgan fingerprint density at radius 3 is 2.53 bits per heavy atom. The van der Waals surface area contributed by atoms with Gasteiger partial charge in [-0.25, -0.2) is 9.59 Å². The molecule has 0 saturated heterocycles. The Hall–Kier alpha value is -3.32. The fraction of sp³-hybridized carbons (Fsp3) is 0.292. The molecule has 0 spiro atoms. The van der Waals surface area contributed by atoms with E-state index in [-0.39, 0.29) is 18.7 Å². The van der Waals surface area contributed by atoms with Crippen molar-refractivity contribution in [2.75, 3.05) is 6.61 Å². The highest BCUT2D eigenvalue weighted by Crippen LogP contribution is 2.29. The number of nitrogens with one attached hydrogen (secondary N) is 1. The van der Waals surface area contributed by atoms with Crippen LogP contribution in [0, 0.1) is 0 Å². The Bertz CT molecular complexity index is 1220. The molecule has 8 heteroatoms. The average molecular weight is 456 g/mol. The standard InChI is InChI=1S/C24H22ClNO6/c25-15-7-5-14(6-8-15)11-20(23(28)29)26-22(27)13-31-16-9-10-18-17-3-1-2-4-19(17)24(30)32-21(18)12-16/h5-10,12,20H,1-4,11,13H2,(H,26,27)(H,28,29)/t20-/m1/s1. The first kappa shape index (κ1) is 21.9. The monoisotopic (exact) mass is 455 g/mol. The van der Waals surface area contributed by atoms with Gasteiger partial charge in [-0.3, -0.25) is 4.79 Å². The predicted molar refractivity (Wildman–Crippen MR) is 119 cm³/mol. The number of ether oxygens (including phenoxy) is 1. The third-order valence-corrected chi connectivity index (χ3v) is 5.80. The number of benzene rings is 2. The van der Waals surface area contributed by atoms with Crippen molar-refractivity contribution in [3.8, 4) is 5.75 Å². The van der Waals surface area contributed by atoms with Gasteiger partial charge in [0.15, 0.2) is 6.61 Å². The summed E-state index contributed by atoms with van der Waals surface area (Å²) in [6.45, 7) is -0.370. The molecule has 1 amide bonds. The maximum absolute atomic E-state index is 12.3. The van der Waals surface area contributed by atoms with Crippen LogP contribution >= 0.6 is 11.6 Å². The molecule has 1 heterocycles. The van der Waals surface area contributed by atoms with Crippen LogP contribution in [0.25, 0.3) is 11.0 Å². The Labute approximate surface area is 188 Å². The van der Waals surface area contributed by atoms with Gasteiger partial charge >= 0.3 is 11.6 Å². The zero-order valence-electron chi connectivity index (χ0n) is 17.2. The Morgan fingerprint density at radius 1 is 1.09 bits per heavy atom. The van der Waals surface area contributed by atoms with Crippen LogP contribution in [0.5, 0.6) is 5.75 Å². The summed E-state index contributed by atoms with van der Waals surface area (Å²) in [5.41, 5.74) is 2.60. The van der Waals surface area contributed by atoms with Crippen LogP contribution in [0.4, 0.5) is 0 Å². The van der Waals surface area contributed by atoms with Gasteiger partial charge in [0, 0.05) is 28.5 Å². The van der Waals surface area contributed by atoms with Crippen molar-refractivity contribution in [2.24, 2.45) is 0 Å². The zero-order chi connectivity index (χ0) is 22.7. The lowest BCUT2D eigenvalue weighted by Gasteiger charge is -2.17. The molecule has 1 aliphatic rings. The van der Waals surface area contributed by atoms with E-state index in [1.165, 1.54) is 0 Å². The minimum atomic E-state index is -1.15. The molecule has 1 aliphatic carbocycles. The molecule has 0 bridgehead atoms. The second kappa shape index (κ2) is 9.44. The lowest BCUT2D eigenvalue weighted by Crippen LogP contribution is -2.44. The van der Waals surface area contributed by atoms with Gasteiger partial charge in [-0.2, -0.15) is 0 Å². The van der Waals surface area contributed by atoms with Crippen molar-refractivity contribution in [3.05, 3.63) is 74.6 Å². The van der Waals surface area contributed by atoms with Crippen LogP contribution in [0.15, 0.2) is 51.7 Å². The van der Waals surface area contributed by atoms with E-state index in [4.69, 9.17) is 20.8 Å². The SMILES string of the molecule is O=C(COc1ccc2c3c(c(=O)oc2c1)CCCC3)N[C@H](Cc1ccc(Cl)cc1)C(=O)O. The minimum absolute atomic E-state index is 0.116. The van der Waals surface area contributed by atoms with Crippen molar-refractivity contribution in [2.45, 2.75) is 38.1 Å². The van der Waals surface area contributed by atoms with Gasteiger partial charge in [0.05, 0.1) is 0 Å². The number of aryl methyl sites for hydroxylation is 1. The number of halogens is 1. The number of amides is 1. The molecule has 0 saturated carbocycles. The highest BCUT2D eigenvalue weighted by atomic mass is 35.5. The molecule has 0 radical (unpaired) electrons. The summed E-state index contributed by atoms with van der Waals surface area (Å²) >= 11 is 5.85. The molecule has 1 aromatic heterocycles. The van der Waals surface area contributed by atoms with Gasteiger partial charge in [0.1, 0.15) is 17.4 Å². The van der Waals surface area contributed by atoms with Gasteiger partial charge in [-0.1, -0.05) is 23.7 Å². The second-order valence-corrected chi connectivity index (χ2v) is 8.23. The number of carboxylic acids is 1. The Morgan fingerprint density at radius 2 is 1.81 bits per heavy atom. The van der Waals surface area contributed by atoms with Gasteiger partial charge in [0.2, 0.25) is 0 Å². The largest absolute Gasteiger partial charge is 0.484 e. The summed E-state index contributed by atoms with van der Waals surface area (Å²) in [4.78, 5) is 36.1. The quantitative estimate of drug-likeness (QED) is 0.528. The van der Waals surface area contributed by atoms with Crippen LogP contribution in [0.1, 0.15) is 29.5 Å². The lowest BCUT2D eigenvalue weighted by molar-refractivity contribution is -0.142. The number of rotatable bonds is 7. The van der Waals surface area contributed by atoms with Crippen molar-refractivity contribution in [3.63, 3.8) is 0 Å². The van der Waals surface area contributed by atoms with Gasteiger partial charge in [-0.15, -0.1) is 0 Å². The topological polar surface area (TPSA) is 106 Å². The smallest absolute Gasteiger partial charge is 0.339 e. The van der Waals surface area contributed by atoms with E-state index in [0.717, 1.165) is 47.8 Å². The predicted octanol–water partition coefficient (Wildman–Crippen LogP) is 3.52. The highest BCUT2D eigenvalue weighted by molar-refractivity contribution is 6.30. The number of carboxylic acid groups (broad SMARTS) is 1. The lowest BCUT2D eigenvalue weighted by atomic mass is 9.91. The van der Waals surface area contributed by atoms with Crippen LogP contribution < -0.4 is 15.7 Å². The van der Waals surface area contributed by atoms with E-state index in [1.54, 1.807) is 36.4 Å². The van der Waals surface area contributed by atoms with Crippen molar-refractivity contribution in [1.29, 1.82) is 0 Å². The molecule has 1 atom stereocenters. The Balaban J connectivity index is 1.42. The number of fused-ring (bicyclic) bond motifs is 3. The van der Waals surface area contributed by atoms with E-state index in [1.807, 2.05) is 6.07 Å².